The number of carbonyl (C=O) groups excluding carboxylic acids is 2. The average Bonchev–Trinajstić information content (AvgIpc) is 3.01. The second-order valence-electron chi connectivity index (χ2n) is 8.19. The highest BCUT2D eigenvalue weighted by atomic mass is 16.5. The number of ether oxygens (including phenoxy) is 1. The highest BCUT2D eigenvalue weighted by Crippen LogP contribution is 2.17. The van der Waals surface area contributed by atoms with Crippen molar-refractivity contribution in [1.82, 2.24) is 5.32 Å². The van der Waals surface area contributed by atoms with Crippen LogP contribution < -0.4 is 14.5 Å². The number of fused-ring (bicyclic) bond motifs is 3. The second-order valence-corrected chi connectivity index (χ2v) is 8.19. The number of esters is 1. The molecule has 6 nitrogen and oxygen atoms in total. The standard InChI is InChI=1S/C22H26N3O3/c1-15(2)17(23-21(27)22(3,4)5)13-28-20(26)16-9-11-25-14-24-10-7-6-8-18(24)19(25)12-16/h6-12,17H,1,13-14H2,2-5H3/q+1/p+1. The Kier molecular flexibility index (Phi) is 5.31. The summed E-state index contributed by atoms with van der Waals surface area (Å²) in [6, 6.07) is 9.15. The van der Waals surface area contributed by atoms with Gasteiger partial charge >= 0.3 is 12.6 Å². The Morgan fingerprint density at radius 1 is 1.18 bits per heavy atom. The van der Waals surface area contributed by atoms with Gasteiger partial charge in [-0.1, -0.05) is 32.9 Å². The van der Waals surface area contributed by atoms with Crippen LogP contribution in [0.3, 0.4) is 0 Å². The number of nitrogens with one attached hydrogen (secondary N) is 1. The van der Waals surface area contributed by atoms with Crippen LogP contribution in [-0.4, -0.2) is 24.5 Å². The van der Waals surface area contributed by atoms with Gasteiger partial charge in [0.05, 0.1) is 11.6 Å². The van der Waals surface area contributed by atoms with Crippen molar-refractivity contribution in [2.24, 2.45) is 5.41 Å². The maximum absolute atomic E-state index is 12.6. The molecule has 1 aliphatic rings. The molecule has 1 atom stereocenters. The monoisotopic (exact) mass is 381 g/mol. The predicted octanol–water partition coefficient (Wildman–Crippen LogP) is 2.01. The molecule has 1 N–H and O–H groups in total. The molecule has 3 heterocycles. The van der Waals surface area contributed by atoms with Crippen molar-refractivity contribution in [3.05, 3.63) is 60.4 Å². The molecule has 0 saturated heterocycles. The van der Waals surface area contributed by atoms with Gasteiger partial charge in [0.1, 0.15) is 6.61 Å². The number of carbonyl (C=O) groups is 2. The first-order valence-electron chi connectivity index (χ1n) is 9.32. The maximum atomic E-state index is 12.6. The molecule has 0 aliphatic carbocycles. The zero-order valence-electron chi connectivity index (χ0n) is 16.9. The lowest BCUT2D eigenvalue weighted by molar-refractivity contribution is -0.877. The molecule has 2 aromatic heterocycles. The fourth-order valence-electron chi connectivity index (χ4n) is 2.92. The lowest BCUT2D eigenvalue weighted by Crippen LogP contribution is -2.45. The highest BCUT2D eigenvalue weighted by Gasteiger charge is 2.33. The van der Waals surface area contributed by atoms with Crippen LogP contribution in [0.2, 0.25) is 0 Å². The molecule has 0 fully saturated rings. The van der Waals surface area contributed by atoms with E-state index in [2.05, 4.69) is 21.0 Å². The molecule has 6 heteroatoms. The lowest BCUT2D eigenvalue weighted by Gasteiger charge is -2.24. The highest BCUT2D eigenvalue weighted by molar-refractivity contribution is 5.90. The molecular formula is C22H27N3O3+2. The third-order valence-electron chi connectivity index (χ3n) is 4.74. The van der Waals surface area contributed by atoms with Gasteiger partial charge < -0.3 is 10.1 Å². The fourth-order valence-corrected chi connectivity index (χ4v) is 2.92. The van der Waals surface area contributed by atoms with Crippen LogP contribution >= 0.6 is 0 Å². The van der Waals surface area contributed by atoms with Gasteiger partial charge in [-0.2, -0.15) is 0 Å². The molecule has 0 saturated carbocycles. The maximum Gasteiger partial charge on any atom is 0.345 e. The molecule has 146 valence electrons. The molecule has 3 rings (SSSR count). The second kappa shape index (κ2) is 7.54. The average molecular weight is 381 g/mol. The minimum Gasteiger partial charge on any atom is -0.460 e. The Labute approximate surface area is 165 Å². The summed E-state index contributed by atoms with van der Waals surface area (Å²) < 4.78 is 9.67. The van der Waals surface area contributed by atoms with E-state index in [0.29, 0.717) is 5.56 Å². The van der Waals surface area contributed by atoms with Crippen LogP contribution in [0, 0.1) is 5.41 Å². The molecule has 0 bridgehead atoms. The SMILES string of the molecule is C=C(C)C(COC(=O)c1cc[n+]2c(c1)-c1cccc[n+]1C2)NC(=O)C(C)(C)C. The number of nitrogens with zero attached hydrogens (tertiary/aromatic N) is 2. The van der Waals surface area contributed by atoms with Gasteiger partial charge in [0, 0.05) is 29.7 Å². The largest absolute Gasteiger partial charge is 0.460 e. The molecule has 0 aromatic carbocycles. The van der Waals surface area contributed by atoms with E-state index >= 15 is 0 Å². The van der Waals surface area contributed by atoms with Crippen molar-refractivity contribution in [3.63, 3.8) is 0 Å². The summed E-state index contributed by atoms with van der Waals surface area (Å²) in [6.07, 6.45) is 3.90. The van der Waals surface area contributed by atoms with Gasteiger partial charge in [-0.3, -0.25) is 4.79 Å². The van der Waals surface area contributed by atoms with Crippen LogP contribution in [0.1, 0.15) is 38.1 Å². The van der Waals surface area contributed by atoms with Gasteiger partial charge in [0.15, 0.2) is 12.4 Å². The molecule has 1 aliphatic heterocycles. The fraction of sp³-hybridized carbons (Fsp3) is 0.364. The summed E-state index contributed by atoms with van der Waals surface area (Å²) >= 11 is 0. The number of pyridine rings is 2. The van der Waals surface area contributed by atoms with Gasteiger partial charge in [0.25, 0.3) is 11.4 Å². The summed E-state index contributed by atoms with van der Waals surface area (Å²) in [5, 5.41) is 2.89. The first-order valence-corrected chi connectivity index (χ1v) is 9.32. The van der Waals surface area contributed by atoms with Gasteiger partial charge in [-0.25, -0.2) is 4.79 Å². The van der Waals surface area contributed by atoms with Crippen LogP contribution in [0.25, 0.3) is 11.4 Å². The Hall–Kier alpha value is -3.02. The van der Waals surface area contributed by atoms with Crippen molar-refractivity contribution in [2.75, 3.05) is 6.61 Å². The number of rotatable bonds is 5. The van der Waals surface area contributed by atoms with Crippen molar-refractivity contribution >= 4 is 11.9 Å². The number of amides is 1. The zero-order valence-corrected chi connectivity index (χ0v) is 16.9. The van der Waals surface area contributed by atoms with Gasteiger partial charge in [-0.15, -0.1) is 9.13 Å². The number of aromatic nitrogens is 2. The summed E-state index contributed by atoms with van der Waals surface area (Å²) in [6.45, 7) is 12.0. The Morgan fingerprint density at radius 2 is 1.89 bits per heavy atom. The van der Waals surface area contributed by atoms with E-state index in [4.69, 9.17) is 4.74 Å². The normalized spacial score (nSPS) is 13.3. The molecule has 28 heavy (non-hydrogen) atoms. The third kappa shape index (κ3) is 4.11. The first-order chi connectivity index (χ1) is 13.2. The minimum atomic E-state index is -0.528. The van der Waals surface area contributed by atoms with Crippen molar-refractivity contribution < 1.29 is 23.5 Å². The summed E-state index contributed by atoms with van der Waals surface area (Å²) in [5.41, 5.74) is 2.70. The van der Waals surface area contributed by atoms with Crippen molar-refractivity contribution in [1.29, 1.82) is 0 Å². The summed E-state index contributed by atoms with van der Waals surface area (Å²) in [5.74, 6) is -0.534. The van der Waals surface area contributed by atoms with Crippen LogP contribution in [0.5, 0.6) is 0 Å². The van der Waals surface area contributed by atoms with Gasteiger partial charge in [0.2, 0.25) is 5.91 Å². The molecule has 2 aromatic rings. The Morgan fingerprint density at radius 3 is 2.57 bits per heavy atom. The van der Waals surface area contributed by atoms with Gasteiger partial charge in [-0.05, 0) is 13.0 Å². The molecule has 0 radical (unpaired) electrons. The van der Waals surface area contributed by atoms with E-state index in [1.165, 1.54) is 0 Å². The molecule has 1 amide bonds. The van der Waals surface area contributed by atoms with E-state index in [9.17, 15) is 9.59 Å². The van der Waals surface area contributed by atoms with Crippen molar-refractivity contribution in [2.45, 2.75) is 40.4 Å². The molecule has 0 spiro atoms. The topological polar surface area (TPSA) is 63.2 Å². The Balaban J connectivity index is 1.70. The number of hydrogen-bond donors (Lipinski definition) is 1. The molecule has 1 unspecified atom stereocenters. The quantitative estimate of drug-likeness (QED) is 0.418. The third-order valence-corrected chi connectivity index (χ3v) is 4.74. The van der Waals surface area contributed by atoms with Crippen LogP contribution in [-0.2, 0) is 16.2 Å². The Bertz CT molecular complexity index is 944. The van der Waals surface area contributed by atoms with E-state index < -0.39 is 17.4 Å². The van der Waals surface area contributed by atoms with Crippen molar-refractivity contribution in [3.8, 4) is 11.4 Å². The van der Waals surface area contributed by atoms with E-state index in [0.717, 1.165) is 23.6 Å². The number of hydrogen-bond acceptors (Lipinski definition) is 3. The predicted molar refractivity (Wildman–Crippen MR) is 104 cm³/mol. The lowest BCUT2D eigenvalue weighted by atomic mass is 9.95. The van der Waals surface area contributed by atoms with Crippen LogP contribution in [0.15, 0.2) is 54.9 Å². The van der Waals surface area contributed by atoms with E-state index in [-0.39, 0.29) is 12.5 Å². The summed E-state index contributed by atoms with van der Waals surface area (Å²) in [4.78, 5) is 24.8. The van der Waals surface area contributed by atoms with Crippen LogP contribution in [0.4, 0.5) is 0 Å². The molecular weight excluding hydrogens is 354 g/mol. The summed E-state index contributed by atoms with van der Waals surface area (Å²) in [7, 11) is 0. The smallest absolute Gasteiger partial charge is 0.345 e. The zero-order chi connectivity index (χ0) is 20.5. The minimum absolute atomic E-state index is 0.0472. The van der Waals surface area contributed by atoms with E-state index in [1.807, 2.05) is 64.4 Å². The van der Waals surface area contributed by atoms with E-state index in [1.54, 1.807) is 6.07 Å². The first kappa shape index (κ1) is 19.7.